The van der Waals surface area contributed by atoms with Crippen molar-refractivity contribution in [3.63, 3.8) is 0 Å². The Hall–Kier alpha value is -1.95. The fourth-order valence-electron chi connectivity index (χ4n) is 3.37. The van der Waals surface area contributed by atoms with Crippen molar-refractivity contribution in [1.29, 1.82) is 0 Å². The van der Waals surface area contributed by atoms with Gasteiger partial charge in [0.15, 0.2) is 0 Å². The number of piperazine rings is 1. The molecule has 2 aromatic carbocycles. The van der Waals surface area contributed by atoms with Crippen molar-refractivity contribution in [2.75, 3.05) is 32.7 Å². The Kier molecular flexibility index (Phi) is 6.83. The Morgan fingerprint density at radius 2 is 1.70 bits per heavy atom. The summed E-state index contributed by atoms with van der Waals surface area (Å²) in [6.45, 7) is 8.73. The quantitative estimate of drug-likeness (QED) is 0.820. The predicted octanol–water partition coefficient (Wildman–Crippen LogP) is 3.55. The molecule has 1 heterocycles. The van der Waals surface area contributed by atoms with Gasteiger partial charge >= 0.3 is 0 Å². The molecule has 1 fully saturated rings. The third-order valence-electron chi connectivity index (χ3n) is 5.05. The zero-order chi connectivity index (χ0) is 19.2. The number of benzene rings is 2. The van der Waals surface area contributed by atoms with Crippen LogP contribution in [0.4, 0.5) is 4.39 Å². The molecule has 1 aliphatic rings. The number of carbonyl (C=O) groups excluding carboxylic acids is 1. The number of nitrogens with one attached hydrogen (secondary N) is 1. The molecule has 0 radical (unpaired) electrons. The summed E-state index contributed by atoms with van der Waals surface area (Å²) in [4.78, 5) is 17.3. The first-order valence-corrected chi connectivity index (χ1v) is 9.70. The molecule has 0 saturated carbocycles. The van der Waals surface area contributed by atoms with E-state index in [0.717, 1.165) is 44.8 Å². The van der Waals surface area contributed by atoms with Gasteiger partial charge < -0.3 is 10.2 Å². The highest BCUT2D eigenvalue weighted by Crippen LogP contribution is 2.19. The molecule has 2 aromatic rings. The van der Waals surface area contributed by atoms with E-state index in [9.17, 15) is 9.18 Å². The van der Waals surface area contributed by atoms with Gasteiger partial charge in [0.1, 0.15) is 5.82 Å². The molecule has 0 unspecified atom stereocenters. The molecule has 1 aliphatic heterocycles. The molecule has 1 amide bonds. The molecular weight excluding hydrogens is 365 g/mol. The fourth-order valence-corrected chi connectivity index (χ4v) is 3.62. The number of rotatable bonds is 6. The van der Waals surface area contributed by atoms with Gasteiger partial charge in [-0.05, 0) is 29.8 Å². The van der Waals surface area contributed by atoms with E-state index in [2.05, 4.69) is 28.1 Å². The summed E-state index contributed by atoms with van der Waals surface area (Å²) in [5, 5.41) is 2.92. The van der Waals surface area contributed by atoms with Crippen LogP contribution in [0.25, 0.3) is 0 Å². The van der Waals surface area contributed by atoms with Crippen molar-refractivity contribution in [2.45, 2.75) is 20.0 Å². The van der Waals surface area contributed by atoms with Crippen LogP contribution in [0.5, 0.6) is 0 Å². The van der Waals surface area contributed by atoms with Crippen molar-refractivity contribution >= 4 is 17.5 Å². The maximum atomic E-state index is 13.9. The minimum atomic E-state index is -0.609. The maximum Gasteiger partial charge on any atom is 0.256 e. The summed E-state index contributed by atoms with van der Waals surface area (Å²) in [6, 6.07) is 12.3. The zero-order valence-electron chi connectivity index (χ0n) is 15.5. The summed E-state index contributed by atoms with van der Waals surface area (Å²) >= 11 is 5.98. The second-order valence-corrected chi connectivity index (χ2v) is 7.17. The maximum absolute atomic E-state index is 13.9. The third-order valence-corrected chi connectivity index (χ3v) is 5.37. The highest BCUT2D eigenvalue weighted by atomic mass is 35.5. The van der Waals surface area contributed by atoms with Crippen LogP contribution in [0.2, 0.25) is 5.02 Å². The molecule has 27 heavy (non-hydrogen) atoms. The molecular formula is C21H25ClFN3O. The number of halogens is 2. The zero-order valence-corrected chi connectivity index (χ0v) is 16.3. The summed E-state index contributed by atoms with van der Waals surface area (Å²) in [6.07, 6.45) is 0. The van der Waals surface area contributed by atoms with Crippen LogP contribution in [0.15, 0.2) is 42.5 Å². The lowest BCUT2D eigenvalue weighted by atomic mass is 10.1. The average Bonchev–Trinajstić information content (AvgIpc) is 2.68. The molecule has 0 atom stereocenters. The topological polar surface area (TPSA) is 35.6 Å². The minimum Gasteiger partial charge on any atom is -0.348 e. The molecule has 144 valence electrons. The first-order chi connectivity index (χ1) is 13.1. The first-order valence-electron chi connectivity index (χ1n) is 9.32. The van der Waals surface area contributed by atoms with E-state index >= 15 is 0 Å². The fraction of sp³-hybridized carbons (Fsp3) is 0.381. The van der Waals surface area contributed by atoms with E-state index in [1.54, 1.807) is 0 Å². The first kappa shape index (κ1) is 19.8. The summed E-state index contributed by atoms with van der Waals surface area (Å²) in [5.41, 5.74) is 2.12. The standard InChI is InChI=1S/C21H25ClFN3O/c1-2-25-10-12-26(13-11-25)15-17-7-4-3-6-16(17)14-24-21(27)20-18(22)8-5-9-19(20)23/h3-9H,2,10-15H2,1H3,(H,24,27). The van der Waals surface area contributed by atoms with E-state index in [1.165, 1.54) is 23.8 Å². The van der Waals surface area contributed by atoms with Gasteiger partial charge in [-0.3, -0.25) is 9.69 Å². The van der Waals surface area contributed by atoms with Gasteiger partial charge in [0.05, 0.1) is 10.6 Å². The van der Waals surface area contributed by atoms with E-state index in [-0.39, 0.29) is 10.6 Å². The lowest BCUT2D eigenvalue weighted by molar-refractivity contribution is 0.0946. The van der Waals surface area contributed by atoms with Gasteiger partial charge in [0, 0.05) is 39.3 Å². The molecule has 0 aromatic heterocycles. The molecule has 3 rings (SSSR count). The highest BCUT2D eigenvalue weighted by Gasteiger charge is 2.18. The number of amides is 1. The molecule has 4 nitrogen and oxygen atoms in total. The largest absolute Gasteiger partial charge is 0.348 e. The van der Waals surface area contributed by atoms with E-state index in [4.69, 9.17) is 11.6 Å². The number of hydrogen-bond acceptors (Lipinski definition) is 3. The molecule has 0 bridgehead atoms. The molecule has 0 spiro atoms. The predicted molar refractivity (Wildman–Crippen MR) is 106 cm³/mol. The number of likely N-dealkylation sites (N-methyl/N-ethyl adjacent to an activating group) is 1. The van der Waals surface area contributed by atoms with E-state index in [0.29, 0.717) is 6.54 Å². The third kappa shape index (κ3) is 5.06. The van der Waals surface area contributed by atoms with Crippen molar-refractivity contribution in [1.82, 2.24) is 15.1 Å². The van der Waals surface area contributed by atoms with Crippen LogP contribution in [0.3, 0.4) is 0 Å². The van der Waals surface area contributed by atoms with Gasteiger partial charge in [0.2, 0.25) is 0 Å². The van der Waals surface area contributed by atoms with Gasteiger partial charge in [0.25, 0.3) is 5.91 Å². The number of carbonyl (C=O) groups is 1. The summed E-state index contributed by atoms with van der Waals surface area (Å²) < 4.78 is 13.9. The number of nitrogens with zero attached hydrogens (tertiary/aromatic N) is 2. The van der Waals surface area contributed by atoms with Crippen LogP contribution in [0, 0.1) is 5.82 Å². The van der Waals surface area contributed by atoms with Crippen molar-refractivity contribution in [3.8, 4) is 0 Å². The molecule has 6 heteroatoms. The Morgan fingerprint density at radius 1 is 1.04 bits per heavy atom. The highest BCUT2D eigenvalue weighted by molar-refractivity contribution is 6.33. The van der Waals surface area contributed by atoms with Crippen LogP contribution in [-0.2, 0) is 13.1 Å². The van der Waals surface area contributed by atoms with Gasteiger partial charge in [-0.15, -0.1) is 0 Å². The second kappa shape index (κ2) is 9.31. The van der Waals surface area contributed by atoms with Crippen LogP contribution >= 0.6 is 11.6 Å². The Labute approximate surface area is 164 Å². The SMILES string of the molecule is CCN1CCN(Cc2ccccc2CNC(=O)c2c(F)cccc2Cl)CC1. The van der Waals surface area contributed by atoms with E-state index < -0.39 is 11.7 Å². The van der Waals surface area contributed by atoms with Crippen LogP contribution in [-0.4, -0.2) is 48.4 Å². The smallest absolute Gasteiger partial charge is 0.256 e. The van der Waals surface area contributed by atoms with Crippen LogP contribution in [0.1, 0.15) is 28.4 Å². The van der Waals surface area contributed by atoms with Gasteiger partial charge in [-0.1, -0.05) is 48.9 Å². The summed E-state index contributed by atoms with van der Waals surface area (Å²) in [5.74, 6) is -1.11. The Balaban J connectivity index is 1.63. The molecule has 1 saturated heterocycles. The van der Waals surface area contributed by atoms with Crippen molar-refractivity contribution in [3.05, 3.63) is 70.0 Å². The van der Waals surface area contributed by atoms with Gasteiger partial charge in [-0.25, -0.2) is 4.39 Å². The Bertz CT molecular complexity index is 770. The number of hydrogen-bond donors (Lipinski definition) is 1. The van der Waals surface area contributed by atoms with Gasteiger partial charge in [-0.2, -0.15) is 0 Å². The lowest BCUT2D eigenvalue weighted by Gasteiger charge is -2.34. The second-order valence-electron chi connectivity index (χ2n) is 6.76. The summed E-state index contributed by atoms with van der Waals surface area (Å²) in [7, 11) is 0. The molecule has 0 aliphatic carbocycles. The average molecular weight is 390 g/mol. The lowest BCUT2D eigenvalue weighted by Crippen LogP contribution is -2.45. The normalized spacial score (nSPS) is 15.7. The van der Waals surface area contributed by atoms with E-state index in [1.807, 2.05) is 18.2 Å². The monoisotopic (exact) mass is 389 g/mol. The Morgan fingerprint density at radius 3 is 2.37 bits per heavy atom. The van der Waals surface area contributed by atoms with Crippen LogP contribution < -0.4 is 5.32 Å². The van der Waals surface area contributed by atoms with Crippen molar-refractivity contribution < 1.29 is 9.18 Å². The minimum absolute atomic E-state index is 0.104. The molecule has 1 N–H and O–H groups in total. The van der Waals surface area contributed by atoms with Crippen molar-refractivity contribution in [2.24, 2.45) is 0 Å².